The van der Waals surface area contributed by atoms with Crippen LogP contribution in [0.25, 0.3) is 0 Å². The third kappa shape index (κ3) is 3.45. The third-order valence-electron chi connectivity index (χ3n) is 2.76. The van der Waals surface area contributed by atoms with Crippen molar-refractivity contribution < 1.29 is 19.1 Å². The molecule has 2 rings (SSSR count). The van der Waals surface area contributed by atoms with E-state index < -0.39 is 0 Å². The van der Waals surface area contributed by atoms with Gasteiger partial charge in [-0.25, -0.2) is 0 Å². The number of carbonyl (C=O) groups excluding carboxylic acids is 2. The molecule has 0 fully saturated rings. The van der Waals surface area contributed by atoms with Crippen molar-refractivity contribution >= 4 is 12.3 Å². The maximum atomic E-state index is 11.4. The molecule has 4 heteroatoms. The monoisotopic (exact) mass is 270 g/mol. The van der Waals surface area contributed by atoms with Crippen molar-refractivity contribution in [2.75, 3.05) is 7.11 Å². The van der Waals surface area contributed by atoms with E-state index in [0.29, 0.717) is 17.1 Å². The quantitative estimate of drug-likeness (QED) is 0.619. The van der Waals surface area contributed by atoms with Crippen LogP contribution in [0.3, 0.4) is 0 Å². The lowest BCUT2D eigenvalue weighted by atomic mass is 10.1. The van der Waals surface area contributed by atoms with Crippen LogP contribution in [-0.4, -0.2) is 19.4 Å². The van der Waals surface area contributed by atoms with Gasteiger partial charge >= 0.3 is 5.97 Å². The Morgan fingerprint density at radius 1 is 1.15 bits per heavy atom. The van der Waals surface area contributed by atoms with Gasteiger partial charge in [0.1, 0.15) is 17.8 Å². The number of benzene rings is 2. The standard InChI is InChI=1S/C16H14O4/c1-19-16(18)10-13-6-2-3-8-15(13)20-14-7-4-5-12(9-14)11-17/h2-9,11H,10H2,1H3. The molecule has 0 aromatic heterocycles. The topological polar surface area (TPSA) is 52.6 Å². The van der Waals surface area contributed by atoms with E-state index in [1.54, 1.807) is 36.4 Å². The summed E-state index contributed by atoms with van der Waals surface area (Å²) in [5.74, 6) is 0.788. The minimum atomic E-state index is -0.331. The molecule has 4 nitrogen and oxygen atoms in total. The molecule has 2 aromatic carbocycles. The van der Waals surface area contributed by atoms with E-state index in [0.717, 1.165) is 11.8 Å². The summed E-state index contributed by atoms with van der Waals surface area (Å²) in [4.78, 5) is 22.1. The fourth-order valence-electron chi connectivity index (χ4n) is 1.76. The van der Waals surface area contributed by atoms with Gasteiger partial charge < -0.3 is 9.47 Å². The molecule has 20 heavy (non-hydrogen) atoms. The number of carbonyl (C=O) groups is 2. The highest BCUT2D eigenvalue weighted by Crippen LogP contribution is 2.26. The van der Waals surface area contributed by atoms with Gasteiger partial charge in [-0.15, -0.1) is 0 Å². The molecule has 0 saturated heterocycles. The molecule has 0 heterocycles. The largest absolute Gasteiger partial charge is 0.469 e. The van der Waals surface area contributed by atoms with Crippen LogP contribution >= 0.6 is 0 Å². The van der Waals surface area contributed by atoms with Gasteiger partial charge in [-0.1, -0.05) is 30.3 Å². The summed E-state index contributed by atoms with van der Waals surface area (Å²) in [5.41, 5.74) is 1.27. The zero-order chi connectivity index (χ0) is 14.4. The Balaban J connectivity index is 2.24. The molecule has 0 spiro atoms. The Kier molecular flexibility index (Phi) is 4.50. The number of methoxy groups -OCH3 is 1. The van der Waals surface area contributed by atoms with Crippen LogP contribution in [0.2, 0.25) is 0 Å². The van der Waals surface area contributed by atoms with Crippen LogP contribution in [0.4, 0.5) is 0 Å². The fraction of sp³-hybridized carbons (Fsp3) is 0.125. The highest BCUT2D eigenvalue weighted by molar-refractivity contribution is 5.75. The van der Waals surface area contributed by atoms with Crippen LogP contribution in [0.5, 0.6) is 11.5 Å². The highest BCUT2D eigenvalue weighted by Gasteiger charge is 2.09. The Morgan fingerprint density at radius 3 is 2.70 bits per heavy atom. The highest BCUT2D eigenvalue weighted by atomic mass is 16.5. The molecule has 0 N–H and O–H groups in total. The summed E-state index contributed by atoms with van der Waals surface area (Å²) in [5, 5.41) is 0. The van der Waals surface area contributed by atoms with E-state index in [4.69, 9.17) is 4.74 Å². The number of para-hydroxylation sites is 1. The zero-order valence-electron chi connectivity index (χ0n) is 11.0. The maximum Gasteiger partial charge on any atom is 0.310 e. The Morgan fingerprint density at radius 2 is 1.95 bits per heavy atom. The Bertz CT molecular complexity index is 619. The van der Waals surface area contributed by atoms with Crippen LogP contribution in [0.15, 0.2) is 48.5 Å². The van der Waals surface area contributed by atoms with Crippen LogP contribution < -0.4 is 4.74 Å². The van der Waals surface area contributed by atoms with Gasteiger partial charge in [0, 0.05) is 11.1 Å². The van der Waals surface area contributed by atoms with Gasteiger partial charge in [-0.05, 0) is 18.2 Å². The third-order valence-corrected chi connectivity index (χ3v) is 2.76. The second-order valence-electron chi connectivity index (χ2n) is 4.15. The van der Waals surface area contributed by atoms with E-state index in [9.17, 15) is 9.59 Å². The lowest BCUT2D eigenvalue weighted by Gasteiger charge is -2.10. The number of rotatable bonds is 5. The first-order valence-electron chi connectivity index (χ1n) is 6.10. The minimum Gasteiger partial charge on any atom is -0.469 e. The molecule has 102 valence electrons. The van der Waals surface area contributed by atoms with Crippen LogP contribution in [0, 0.1) is 0 Å². The molecule has 0 aliphatic rings. The molecule has 0 saturated carbocycles. The lowest BCUT2D eigenvalue weighted by Crippen LogP contribution is -2.05. The summed E-state index contributed by atoms with van der Waals surface area (Å²) < 4.78 is 10.4. The van der Waals surface area contributed by atoms with Crippen molar-refractivity contribution in [3.8, 4) is 11.5 Å². The number of hydrogen-bond acceptors (Lipinski definition) is 4. The predicted octanol–water partition coefficient (Wildman–Crippen LogP) is 3.01. The van der Waals surface area contributed by atoms with Crippen molar-refractivity contribution in [2.45, 2.75) is 6.42 Å². The first-order valence-corrected chi connectivity index (χ1v) is 6.10. The maximum absolute atomic E-state index is 11.4. The summed E-state index contributed by atoms with van der Waals surface area (Å²) in [6.45, 7) is 0. The average molecular weight is 270 g/mol. The summed E-state index contributed by atoms with van der Waals surface area (Å²) in [6.07, 6.45) is 0.896. The summed E-state index contributed by atoms with van der Waals surface area (Å²) in [7, 11) is 1.35. The molecule has 0 atom stereocenters. The number of aldehydes is 1. The van der Waals surface area contributed by atoms with E-state index in [1.807, 2.05) is 12.1 Å². The van der Waals surface area contributed by atoms with Crippen molar-refractivity contribution in [3.05, 3.63) is 59.7 Å². The second kappa shape index (κ2) is 6.52. The molecular formula is C16H14O4. The average Bonchev–Trinajstić information content (AvgIpc) is 2.49. The first-order chi connectivity index (χ1) is 9.72. The molecule has 0 aliphatic carbocycles. The minimum absolute atomic E-state index is 0.139. The van der Waals surface area contributed by atoms with Gasteiger partial charge in [0.25, 0.3) is 0 Å². The van der Waals surface area contributed by atoms with Crippen molar-refractivity contribution in [1.82, 2.24) is 0 Å². The van der Waals surface area contributed by atoms with Crippen LogP contribution in [0.1, 0.15) is 15.9 Å². The molecular weight excluding hydrogens is 256 g/mol. The number of ether oxygens (including phenoxy) is 2. The van der Waals surface area contributed by atoms with Crippen molar-refractivity contribution in [3.63, 3.8) is 0 Å². The summed E-state index contributed by atoms with van der Waals surface area (Å²) >= 11 is 0. The van der Waals surface area contributed by atoms with Crippen molar-refractivity contribution in [1.29, 1.82) is 0 Å². The zero-order valence-corrected chi connectivity index (χ0v) is 11.0. The number of esters is 1. The fourth-order valence-corrected chi connectivity index (χ4v) is 1.76. The normalized spacial score (nSPS) is 9.85. The van der Waals surface area contributed by atoms with E-state index >= 15 is 0 Å². The van der Waals surface area contributed by atoms with E-state index in [1.165, 1.54) is 7.11 Å². The Hall–Kier alpha value is -2.62. The lowest BCUT2D eigenvalue weighted by molar-refractivity contribution is -0.139. The molecule has 0 radical (unpaired) electrons. The SMILES string of the molecule is COC(=O)Cc1ccccc1Oc1cccc(C=O)c1. The molecule has 0 unspecified atom stereocenters. The van der Waals surface area contributed by atoms with Gasteiger partial charge in [-0.3, -0.25) is 9.59 Å². The predicted molar refractivity (Wildman–Crippen MR) is 74.1 cm³/mol. The van der Waals surface area contributed by atoms with Gasteiger partial charge in [0.05, 0.1) is 13.5 Å². The van der Waals surface area contributed by atoms with Gasteiger partial charge in [0.15, 0.2) is 0 Å². The molecule has 2 aromatic rings. The van der Waals surface area contributed by atoms with Gasteiger partial charge in [0.2, 0.25) is 0 Å². The molecule has 0 aliphatic heterocycles. The van der Waals surface area contributed by atoms with E-state index in [-0.39, 0.29) is 12.4 Å². The van der Waals surface area contributed by atoms with Crippen LogP contribution in [-0.2, 0) is 16.0 Å². The first kappa shape index (κ1) is 13.8. The smallest absolute Gasteiger partial charge is 0.310 e. The summed E-state index contributed by atoms with van der Waals surface area (Å²) in [6, 6.07) is 14.0. The van der Waals surface area contributed by atoms with E-state index in [2.05, 4.69) is 4.74 Å². The molecule has 0 amide bonds. The second-order valence-corrected chi connectivity index (χ2v) is 4.15. The Labute approximate surface area is 116 Å². The number of hydrogen-bond donors (Lipinski definition) is 0. The van der Waals surface area contributed by atoms with Gasteiger partial charge in [-0.2, -0.15) is 0 Å². The molecule has 0 bridgehead atoms. The van der Waals surface area contributed by atoms with Crippen molar-refractivity contribution in [2.24, 2.45) is 0 Å².